The van der Waals surface area contributed by atoms with Gasteiger partial charge in [0.25, 0.3) is 0 Å². The summed E-state index contributed by atoms with van der Waals surface area (Å²) in [4.78, 5) is 24.0. The van der Waals surface area contributed by atoms with Crippen LogP contribution in [0.3, 0.4) is 0 Å². The molecule has 86 valence electrons. The second-order valence-electron chi connectivity index (χ2n) is 4.12. The molecule has 1 heterocycles. The van der Waals surface area contributed by atoms with Crippen LogP contribution in [0.25, 0.3) is 0 Å². The van der Waals surface area contributed by atoms with Gasteiger partial charge in [-0.3, -0.25) is 9.69 Å². The van der Waals surface area contributed by atoms with Crippen molar-refractivity contribution in [2.24, 2.45) is 0 Å². The van der Waals surface area contributed by atoms with Crippen LogP contribution in [0, 0.1) is 0 Å². The molecule has 3 amide bonds. The summed E-state index contributed by atoms with van der Waals surface area (Å²) in [7, 11) is 0. The Morgan fingerprint density at radius 1 is 1.33 bits per heavy atom. The van der Waals surface area contributed by atoms with E-state index in [0.29, 0.717) is 0 Å². The van der Waals surface area contributed by atoms with Gasteiger partial charge in [0.05, 0.1) is 6.54 Å². The van der Waals surface area contributed by atoms with Gasteiger partial charge in [-0.2, -0.15) is 0 Å². The Kier molecular flexibility index (Phi) is 4.59. The van der Waals surface area contributed by atoms with E-state index >= 15 is 0 Å². The van der Waals surface area contributed by atoms with E-state index in [-0.39, 0.29) is 24.5 Å². The fourth-order valence-electron chi connectivity index (χ4n) is 1.88. The lowest BCUT2D eigenvalue weighted by Crippen LogP contribution is -2.38. The number of unbranched alkanes of at least 4 members (excludes halogenated alkanes) is 3. The van der Waals surface area contributed by atoms with Crippen LogP contribution in [0.15, 0.2) is 0 Å². The van der Waals surface area contributed by atoms with Crippen LogP contribution in [-0.4, -0.2) is 29.4 Å². The van der Waals surface area contributed by atoms with E-state index in [1.807, 2.05) is 6.92 Å². The summed E-state index contributed by atoms with van der Waals surface area (Å²) in [5.41, 5.74) is 0. The molecule has 0 saturated carbocycles. The number of rotatable bonds is 6. The highest BCUT2D eigenvalue weighted by Crippen LogP contribution is 2.13. The van der Waals surface area contributed by atoms with Crippen molar-refractivity contribution < 1.29 is 9.59 Å². The molecule has 4 nitrogen and oxygen atoms in total. The number of urea groups is 1. The van der Waals surface area contributed by atoms with Gasteiger partial charge in [0.1, 0.15) is 0 Å². The Morgan fingerprint density at radius 3 is 2.60 bits per heavy atom. The maximum Gasteiger partial charge on any atom is 0.324 e. The van der Waals surface area contributed by atoms with Crippen LogP contribution in [0.2, 0.25) is 0 Å². The van der Waals surface area contributed by atoms with Crippen LogP contribution >= 0.6 is 0 Å². The molecule has 15 heavy (non-hydrogen) atoms. The van der Waals surface area contributed by atoms with E-state index in [1.54, 1.807) is 0 Å². The highest BCUT2D eigenvalue weighted by molar-refractivity contribution is 6.02. The molecule has 0 bridgehead atoms. The third-order valence-corrected chi connectivity index (χ3v) is 2.79. The van der Waals surface area contributed by atoms with Gasteiger partial charge >= 0.3 is 6.03 Å². The molecular formula is C11H20N2O2. The quantitative estimate of drug-likeness (QED) is 0.540. The third-order valence-electron chi connectivity index (χ3n) is 2.79. The molecule has 1 aliphatic rings. The molecule has 1 unspecified atom stereocenters. The lowest BCUT2D eigenvalue weighted by atomic mass is 10.1. The van der Waals surface area contributed by atoms with Crippen LogP contribution < -0.4 is 5.32 Å². The maximum atomic E-state index is 11.4. The molecule has 1 atom stereocenters. The monoisotopic (exact) mass is 212 g/mol. The lowest BCUT2D eigenvalue weighted by Gasteiger charge is -2.20. The fraction of sp³-hybridized carbons (Fsp3) is 0.818. The Morgan fingerprint density at radius 2 is 2.07 bits per heavy atom. The molecule has 0 aliphatic carbocycles. The molecule has 0 spiro atoms. The third kappa shape index (κ3) is 3.22. The minimum atomic E-state index is -0.233. The average molecular weight is 212 g/mol. The van der Waals surface area contributed by atoms with Crippen molar-refractivity contribution >= 4 is 11.9 Å². The standard InChI is InChI=1S/C11H20N2O2/c1-3-4-5-6-7-9(2)13-10(14)8-12-11(13)15/h9H,3-8H2,1-2H3,(H,12,15). The lowest BCUT2D eigenvalue weighted by molar-refractivity contribution is -0.126. The summed E-state index contributed by atoms with van der Waals surface area (Å²) >= 11 is 0. The molecule has 1 N–H and O–H groups in total. The highest BCUT2D eigenvalue weighted by Gasteiger charge is 2.31. The molecule has 1 fully saturated rings. The van der Waals surface area contributed by atoms with Gasteiger partial charge in [0.15, 0.2) is 0 Å². The molecule has 0 radical (unpaired) electrons. The average Bonchev–Trinajstić information content (AvgIpc) is 2.53. The second-order valence-corrected chi connectivity index (χ2v) is 4.12. The van der Waals surface area contributed by atoms with E-state index < -0.39 is 0 Å². The fourth-order valence-corrected chi connectivity index (χ4v) is 1.88. The number of imide groups is 1. The van der Waals surface area contributed by atoms with E-state index in [4.69, 9.17) is 0 Å². The number of nitrogens with one attached hydrogen (secondary N) is 1. The molecule has 1 aliphatic heterocycles. The van der Waals surface area contributed by atoms with Crippen molar-refractivity contribution in [3.8, 4) is 0 Å². The van der Waals surface area contributed by atoms with Crippen molar-refractivity contribution in [2.45, 2.75) is 52.0 Å². The van der Waals surface area contributed by atoms with Crippen molar-refractivity contribution in [2.75, 3.05) is 6.54 Å². The van der Waals surface area contributed by atoms with E-state index in [2.05, 4.69) is 12.2 Å². The van der Waals surface area contributed by atoms with E-state index in [0.717, 1.165) is 12.8 Å². The summed E-state index contributed by atoms with van der Waals surface area (Å²) in [6, 6.07) is -0.195. The summed E-state index contributed by atoms with van der Waals surface area (Å²) in [5, 5.41) is 2.54. The zero-order chi connectivity index (χ0) is 11.3. The molecule has 0 aromatic rings. The first-order chi connectivity index (χ1) is 7.16. The number of amides is 3. The summed E-state index contributed by atoms with van der Waals surface area (Å²) in [5.74, 6) is -0.0945. The molecule has 1 saturated heterocycles. The SMILES string of the molecule is CCCCCCC(C)N1C(=O)CNC1=O. The van der Waals surface area contributed by atoms with Crippen molar-refractivity contribution in [1.29, 1.82) is 0 Å². The summed E-state index contributed by atoms with van der Waals surface area (Å²) in [6.45, 7) is 4.27. The molecule has 0 aromatic heterocycles. The number of hydrogen-bond donors (Lipinski definition) is 1. The van der Waals surface area contributed by atoms with Crippen molar-refractivity contribution in [3.63, 3.8) is 0 Å². The van der Waals surface area contributed by atoms with Crippen molar-refractivity contribution in [3.05, 3.63) is 0 Å². The zero-order valence-electron chi connectivity index (χ0n) is 9.58. The van der Waals surface area contributed by atoms with E-state index in [1.165, 1.54) is 24.2 Å². The maximum absolute atomic E-state index is 11.4. The predicted octanol–water partition coefficient (Wildman–Crippen LogP) is 1.90. The number of hydrogen-bond acceptors (Lipinski definition) is 2. The van der Waals surface area contributed by atoms with Crippen LogP contribution in [0.5, 0.6) is 0 Å². The van der Waals surface area contributed by atoms with Crippen LogP contribution in [0.1, 0.15) is 46.0 Å². The summed E-state index contributed by atoms with van der Waals surface area (Å²) < 4.78 is 0. The molecular weight excluding hydrogens is 192 g/mol. The Hall–Kier alpha value is -1.06. The highest BCUT2D eigenvalue weighted by atomic mass is 16.2. The smallest absolute Gasteiger partial charge is 0.324 e. The topological polar surface area (TPSA) is 49.4 Å². The molecule has 0 aromatic carbocycles. The molecule has 4 heteroatoms. The molecule has 1 rings (SSSR count). The van der Waals surface area contributed by atoms with Gasteiger partial charge in [0.2, 0.25) is 5.91 Å². The Bertz CT molecular complexity index is 225. The van der Waals surface area contributed by atoms with Gasteiger partial charge in [-0.15, -0.1) is 0 Å². The van der Waals surface area contributed by atoms with Crippen LogP contribution in [0.4, 0.5) is 4.79 Å². The number of carbonyl (C=O) groups excluding carboxylic acids is 2. The van der Waals surface area contributed by atoms with Gasteiger partial charge in [-0.05, 0) is 13.3 Å². The Balaban J connectivity index is 2.29. The number of nitrogens with zero attached hydrogens (tertiary/aromatic N) is 1. The Labute approximate surface area is 91.0 Å². The normalized spacial score (nSPS) is 18.1. The predicted molar refractivity (Wildman–Crippen MR) is 58.5 cm³/mol. The first kappa shape index (κ1) is 12.0. The first-order valence-corrected chi connectivity index (χ1v) is 5.76. The summed E-state index contributed by atoms with van der Waals surface area (Å²) in [6.07, 6.45) is 5.63. The van der Waals surface area contributed by atoms with Gasteiger partial charge < -0.3 is 5.32 Å². The van der Waals surface area contributed by atoms with Crippen molar-refractivity contribution in [1.82, 2.24) is 10.2 Å². The minimum Gasteiger partial charge on any atom is -0.329 e. The van der Waals surface area contributed by atoms with Gasteiger partial charge in [-0.1, -0.05) is 32.6 Å². The number of carbonyl (C=O) groups is 2. The zero-order valence-corrected chi connectivity index (χ0v) is 9.58. The second kappa shape index (κ2) is 5.73. The largest absolute Gasteiger partial charge is 0.329 e. The van der Waals surface area contributed by atoms with Crippen LogP contribution in [-0.2, 0) is 4.79 Å². The van der Waals surface area contributed by atoms with Gasteiger partial charge in [0, 0.05) is 6.04 Å². The minimum absolute atomic E-state index is 0.0388. The van der Waals surface area contributed by atoms with Gasteiger partial charge in [-0.25, -0.2) is 4.79 Å². The first-order valence-electron chi connectivity index (χ1n) is 5.76. The van der Waals surface area contributed by atoms with E-state index in [9.17, 15) is 9.59 Å².